The molecule has 1 fully saturated rings. The number of rotatable bonds is 6. The second-order valence-electron chi connectivity index (χ2n) is 4.67. The lowest BCUT2D eigenvalue weighted by atomic mass is 10.2. The van der Waals surface area contributed by atoms with E-state index in [0.717, 1.165) is 13.0 Å². The highest BCUT2D eigenvalue weighted by molar-refractivity contribution is 6.36. The first-order valence-electron chi connectivity index (χ1n) is 6.50. The first kappa shape index (κ1) is 14.6. The van der Waals surface area contributed by atoms with E-state index in [9.17, 15) is 4.79 Å². The number of aldehydes is 1. The topological polar surface area (TPSA) is 29.5 Å². The smallest absolute Gasteiger partial charge is 0.153 e. The summed E-state index contributed by atoms with van der Waals surface area (Å²) in [4.78, 5) is 13.4. The Balaban J connectivity index is 1.86. The van der Waals surface area contributed by atoms with Crippen LogP contribution in [0.15, 0.2) is 12.1 Å². The number of benzene rings is 1. The van der Waals surface area contributed by atoms with Gasteiger partial charge in [0.2, 0.25) is 0 Å². The maximum absolute atomic E-state index is 11.0. The molecule has 0 bridgehead atoms. The molecule has 1 aliphatic heterocycles. The van der Waals surface area contributed by atoms with Crippen LogP contribution in [0.2, 0.25) is 10.0 Å². The zero-order valence-electron chi connectivity index (χ0n) is 10.7. The first-order valence-corrected chi connectivity index (χ1v) is 7.25. The summed E-state index contributed by atoms with van der Waals surface area (Å²) in [6.45, 7) is 3.95. The highest BCUT2D eigenvalue weighted by Crippen LogP contribution is 2.31. The number of nitrogens with zero attached hydrogens (tertiary/aromatic N) is 1. The molecule has 0 unspecified atom stereocenters. The van der Waals surface area contributed by atoms with Gasteiger partial charge in [-0.15, -0.1) is 0 Å². The van der Waals surface area contributed by atoms with E-state index < -0.39 is 0 Å². The minimum absolute atomic E-state index is 0.385. The second-order valence-corrected chi connectivity index (χ2v) is 5.52. The van der Waals surface area contributed by atoms with Crippen LogP contribution in [0.25, 0.3) is 0 Å². The molecule has 1 aromatic rings. The molecule has 1 saturated heterocycles. The van der Waals surface area contributed by atoms with Gasteiger partial charge >= 0.3 is 0 Å². The van der Waals surface area contributed by atoms with Crippen LogP contribution >= 0.6 is 23.2 Å². The molecule has 3 nitrogen and oxygen atoms in total. The van der Waals surface area contributed by atoms with Crippen molar-refractivity contribution in [1.82, 2.24) is 4.90 Å². The monoisotopic (exact) mass is 301 g/mol. The quantitative estimate of drug-likeness (QED) is 0.593. The highest BCUT2D eigenvalue weighted by Gasteiger charge is 2.12. The van der Waals surface area contributed by atoms with Crippen LogP contribution in [0.3, 0.4) is 0 Å². The molecule has 0 saturated carbocycles. The van der Waals surface area contributed by atoms with E-state index in [-0.39, 0.29) is 0 Å². The van der Waals surface area contributed by atoms with Gasteiger partial charge in [-0.1, -0.05) is 23.2 Å². The van der Waals surface area contributed by atoms with Crippen molar-refractivity contribution >= 4 is 29.5 Å². The van der Waals surface area contributed by atoms with Crippen LogP contribution in [0.5, 0.6) is 5.75 Å². The summed E-state index contributed by atoms with van der Waals surface area (Å²) in [5.41, 5.74) is 0.402. The lowest BCUT2D eigenvalue weighted by Gasteiger charge is -2.15. The van der Waals surface area contributed by atoms with Crippen LogP contribution < -0.4 is 4.74 Å². The fraction of sp³-hybridized carbons (Fsp3) is 0.500. The Morgan fingerprint density at radius 1 is 1.26 bits per heavy atom. The molecular weight excluding hydrogens is 285 g/mol. The molecule has 0 atom stereocenters. The predicted octanol–water partition coefficient (Wildman–Crippen LogP) is 3.67. The number of ether oxygens (including phenoxy) is 1. The Labute approximate surface area is 123 Å². The lowest BCUT2D eigenvalue weighted by molar-refractivity contribution is 0.111. The SMILES string of the molecule is O=Cc1cc(Cl)cc(Cl)c1OCCCN1CCCC1. The summed E-state index contributed by atoms with van der Waals surface area (Å²) in [5.74, 6) is 0.433. The Hall–Kier alpha value is -0.770. The maximum atomic E-state index is 11.0. The van der Waals surface area contributed by atoms with Gasteiger partial charge in [-0.05, 0) is 44.5 Å². The van der Waals surface area contributed by atoms with Gasteiger partial charge in [0.25, 0.3) is 0 Å². The van der Waals surface area contributed by atoms with E-state index >= 15 is 0 Å². The second kappa shape index (κ2) is 7.13. The third-order valence-corrected chi connectivity index (χ3v) is 3.73. The van der Waals surface area contributed by atoms with Gasteiger partial charge in [0.05, 0.1) is 17.2 Å². The third-order valence-electron chi connectivity index (χ3n) is 3.23. The van der Waals surface area contributed by atoms with Crippen molar-refractivity contribution in [3.8, 4) is 5.75 Å². The maximum Gasteiger partial charge on any atom is 0.153 e. The minimum atomic E-state index is 0.385. The number of hydrogen-bond donors (Lipinski definition) is 0. The fourth-order valence-electron chi connectivity index (χ4n) is 2.29. The zero-order chi connectivity index (χ0) is 13.7. The van der Waals surface area contributed by atoms with E-state index in [1.54, 1.807) is 12.1 Å². The van der Waals surface area contributed by atoms with E-state index in [2.05, 4.69) is 4.90 Å². The standard InChI is InChI=1S/C14H17Cl2NO2/c15-12-8-11(10-18)14(13(16)9-12)19-7-3-6-17-4-1-2-5-17/h8-10H,1-7H2. The van der Waals surface area contributed by atoms with E-state index in [4.69, 9.17) is 27.9 Å². The zero-order valence-corrected chi connectivity index (χ0v) is 12.2. The average molecular weight is 302 g/mol. The van der Waals surface area contributed by atoms with Crippen LogP contribution in [-0.4, -0.2) is 37.4 Å². The van der Waals surface area contributed by atoms with Crippen molar-refractivity contribution in [3.63, 3.8) is 0 Å². The van der Waals surface area contributed by atoms with E-state index in [1.165, 1.54) is 25.9 Å². The van der Waals surface area contributed by atoms with Crippen molar-refractivity contribution in [2.75, 3.05) is 26.2 Å². The predicted molar refractivity (Wildman–Crippen MR) is 77.6 cm³/mol. The van der Waals surface area contributed by atoms with Gasteiger partial charge in [0.1, 0.15) is 5.75 Å². The van der Waals surface area contributed by atoms with Crippen LogP contribution in [0.1, 0.15) is 29.6 Å². The molecule has 0 radical (unpaired) electrons. The minimum Gasteiger partial charge on any atom is -0.491 e. The van der Waals surface area contributed by atoms with Crippen molar-refractivity contribution in [2.45, 2.75) is 19.3 Å². The molecule has 0 spiro atoms. The Morgan fingerprint density at radius 2 is 2.00 bits per heavy atom. The molecule has 2 rings (SSSR count). The molecule has 0 N–H and O–H groups in total. The number of halogens is 2. The van der Waals surface area contributed by atoms with Gasteiger partial charge in [-0.25, -0.2) is 0 Å². The lowest BCUT2D eigenvalue weighted by Crippen LogP contribution is -2.22. The van der Waals surface area contributed by atoms with Gasteiger partial charge in [-0.2, -0.15) is 0 Å². The molecule has 0 amide bonds. The molecule has 1 heterocycles. The normalized spacial score (nSPS) is 15.7. The average Bonchev–Trinajstić information content (AvgIpc) is 2.89. The van der Waals surface area contributed by atoms with E-state index in [1.807, 2.05) is 0 Å². The molecule has 5 heteroatoms. The Kier molecular flexibility index (Phi) is 5.49. The summed E-state index contributed by atoms with van der Waals surface area (Å²) < 4.78 is 5.63. The van der Waals surface area contributed by atoms with Crippen LogP contribution in [-0.2, 0) is 0 Å². The molecule has 104 valence electrons. The molecule has 1 aromatic carbocycles. The molecule has 0 aromatic heterocycles. The summed E-state index contributed by atoms with van der Waals surface area (Å²) in [5, 5.41) is 0.826. The molecular formula is C14H17Cl2NO2. The molecule has 1 aliphatic rings. The summed E-state index contributed by atoms with van der Waals surface area (Å²) in [6.07, 6.45) is 4.23. The molecule has 0 aliphatic carbocycles. The van der Waals surface area contributed by atoms with Gasteiger partial charge < -0.3 is 9.64 Å². The van der Waals surface area contributed by atoms with Crippen LogP contribution in [0.4, 0.5) is 0 Å². The highest BCUT2D eigenvalue weighted by atomic mass is 35.5. The third kappa shape index (κ3) is 4.10. The summed E-state index contributed by atoms with van der Waals surface area (Å²) in [6, 6.07) is 3.15. The fourth-order valence-corrected chi connectivity index (χ4v) is 2.85. The van der Waals surface area contributed by atoms with Gasteiger partial charge in [0.15, 0.2) is 6.29 Å². The van der Waals surface area contributed by atoms with Gasteiger partial charge in [0, 0.05) is 11.6 Å². The van der Waals surface area contributed by atoms with Gasteiger partial charge in [-0.3, -0.25) is 4.79 Å². The van der Waals surface area contributed by atoms with E-state index in [0.29, 0.717) is 34.3 Å². The number of hydrogen-bond acceptors (Lipinski definition) is 3. The summed E-state index contributed by atoms with van der Waals surface area (Å²) in [7, 11) is 0. The van der Waals surface area contributed by atoms with Crippen molar-refractivity contribution < 1.29 is 9.53 Å². The first-order chi connectivity index (χ1) is 9.20. The Bertz CT molecular complexity index is 445. The molecule has 19 heavy (non-hydrogen) atoms. The van der Waals surface area contributed by atoms with Crippen molar-refractivity contribution in [2.24, 2.45) is 0 Å². The van der Waals surface area contributed by atoms with Crippen molar-refractivity contribution in [3.05, 3.63) is 27.7 Å². The van der Waals surface area contributed by atoms with Crippen molar-refractivity contribution in [1.29, 1.82) is 0 Å². The largest absolute Gasteiger partial charge is 0.491 e. The van der Waals surface area contributed by atoms with Crippen LogP contribution in [0, 0.1) is 0 Å². The Morgan fingerprint density at radius 3 is 2.68 bits per heavy atom. The number of carbonyl (C=O) groups excluding carboxylic acids is 1. The summed E-state index contributed by atoms with van der Waals surface area (Å²) >= 11 is 11.9. The number of likely N-dealkylation sites (tertiary alicyclic amines) is 1. The number of carbonyl (C=O) groups is 1.